The average molecular weight is 392 g/mol. The van der Waals surface area contributed by atoms with Crippen molar-refractivity contribution in [2.45, 2.75) is 13.0 Å². The molecule has 0 unspecified atom stereocenters. The van der Waals surface area contributed by atoms with E-state index in [4.69, 9.17) is 9.47 Å². The molecule has 3 rings (SSSR count). The Kier molecular flexibility index (Phi) is 6.34. The molecule has 0 aliphatic heterocycles. The number of amides is 2. The van der Waals surface area contributed by atoms with Gasteiger partial charge in [-0.05, 0) is 47.5 Å². The van der Waals surface area contributed by atoms with Gasteiger partial charge in [-0.2, -0.15) is 0 Å². The molecule has 0 radical (unpaired) electrons. The summed E-state index contributed by atoms with van der Waals surface area (Å²) in [7, 11) is 3.03. The molecule has 1 atom stereocenters. The fourth-order valence-electron chi connectivity index (χ4n) is 3.09. The predicted octanol–water partition coefficient (Wildman–Crippen LogP) is 3.46. The Bertz CT molecular complexity index is 1030. The van der Waals surface area contributed by atoms with Crippen molar-refractivity contribution >= 4 is 22.6 Å². The molecular weight excluding hydrogens is 368 g/mol. The molecule has 0 aromatic heterocycles. The monoisotopic (exact) mass is 392 g/mol. The van der Waals surface area contributed by atoms with E-state index in [-0.39, 0.29) is 24.4 Å². The zero-order valence-corrected chi connectivity index (χ0v) is 16.7. The molecule has 0 spiro atoms. The maximum absolute atomic E-state index is 12.3. The smallest absolute Gasteiger partial charge is 0.251 e. The summed E-state index contributed by atoms with van der Waals surface area (Å²) in [4.78, 5) is 24.6. The van der Waals surface area contributed by atoms with E-state index in [0.29, 0.717) is 17.1 Å². The zero-order valence-electron chi connectivity index (χ0n) is 16.7. The third kappa shape index (κ3) is 4.85. The molecule has 0 saturated heterocycles. The van der Waals surface area contributed by atoms with Crippen LogP contribution >= 0.6 is 0 Å². The SMILES string of the molecule is COc1ccc(C(=O)NCC(=O)N[C@@H](C)c2ccc3ccccc3c2)cc1OC. The minimum absolute atomic E-state index is 0.120. The molecular formula is C23H24N2O4. The number of hydrogen-bond acceptors (Lipinski definition) is 4. The van der Waals surface area contributed by atoms with E-state index in [2.05, 4.69) is 16.7 Å². The van der Waals surface area contributed by atoms with E-state index in [9.17, 15) is 9.59 Å². The molecule has 29 heavy (non-hydrogen) atoms. The van der Waals surface area contributed by atoms with Crippen LogP contribution in [0.25, 0.3) is 10.8 Å². The van der Waals surface area contributed by atoms with E-state index >= 15 is 0 Å². The lowest BCUT2D eigenvalue weighted by Crippen LogP contribution is -2.38. The Morgan fingerprint density at radius 2 is 1.62 bits per heavy atom. The summed E-state index contributed by atoms with van der Waals surface area (Å²) in [6.45, 7) is 1.79. The largest absolute Gasteiger partial charge is 0.493 e. The van der Waals surface area contributed by atoms with Gasteiger partial charge in [-0.1, -0.05) is 36.4 Å². The highest BCUT2D eigenvalue weighted by atomic mass is 16.5. The zero-order chi connectivity index (χ0) is 20.8. The third-order valence-corrected chi connectivity index (χ3v) is 4.71. The van der Waals surface area contributed by atoms with Crippen molar-refractivity contribution in [3.63, 3.8) is 0 Å². The first kappa shape index (κ1) is 20.2. The lowest BCUT2D eigenvalue weighted by atomic mass is 10.0. The molecule has 0 bridgehead atoms. The van der Waals surface area contributed by atoms with E-state index in [0.717, 1.165) is 16.3 Å². The van der Waals surface area contributed by atoms with Gasteiger partial charge >= 0.3 is 0 Å². The van der Waals surface area contributed by atoms with Crippen LogP contribution in [-0.4, -0.2) is 32.6 Å². The average Bonchev–Trinajstić information content (AvgIpc) is 2.76. The fraction of sp³-hybridized carbons (Fsp3) is 0.217. The number of carbonyl (C=O) groups is 2. The number of hydrogen-bond donors (Lipinski definition) is 2. The van der Waals surface area contributed by atoms with Crippen LogP contribution in [0.5, 0.6) is 11.5 Å². The molecule has 150 valence electrons. The molecule has 0 saturated carbocycles. The molecule has 2 amide bonds. The Balaban J connectivity index is 1.58. The minimum Gasteiger partial charge on any atom is -0.493 e. The van der Waals surface area contributed by atoms with Gasteiger partial charge in [0.2, 0.25) is 5.91 Å². The highest BCUT2D eigenvalue weighted by Gasteiger charge is 2.14. The quantitative estimate of drug-likeness (QED) is 0.646. The van der Waals surface area contributed by atoms with Crippen molar-refractivity contribution < 1.29 is 19.1 Å². The molecule has 2 N–H and O–H groups in total. The Hall–Kier alpha value is -3.54. The third-order valence-electron chi connectivity index (χ3n) is 4.71. The van der Waals surface area contributed by atoms with Crippen LogP contribution in [0.2, 0.25) is 0 Å². The van der Waals surface area contributed by atoms with Crippen LogP contribution in [-0.2, 0) is 4.79 Å². The van der Waals surface area contributed by atoms with Gasteiger partial charge in [0.25, 0.3) is 5.91 Å². The summed E-state index contributed by atoms with van der Waals surface area (Å²) in [5.41, 5.74) is 1.39. The van der Waals surface area contributed by atoms with Crippen LogP contribution in [0.1, 0.15) is 28.9 Å². The summed E-state index contributed by atoms with van der Waals surface area (Å²) in [5, 5.41) is 7.81. The molecule has 0 aliphatic rings. The second-order valence-corrected chi connectivity index (χ2v) is 6.65. The number of nitrogens with one attached hydrogen (secondary N) is 2. The number of carbonyl (C=O) groups excluding carboxylic acids is 2. The van der Waals surface area contributed by atoms with Gasteiger partial charge < -0.3 is 20.1 Å². The molecule has 6 heteroatoms. The van der Waals surface area contributed by atoms with Gasteiger partial charge in [-0.15, -0.1) is 0 Å². The Labute approximate surface area is 169 Å². The van der Waals surface area contributed by atoms with Crippen LogP contribution < -0.4 is 20.1 Å². The van der Waals surface area contributed by atoms with Gasteiger partial charge in [0.05, 0.1) is 26.8 Å². The molecule has 0 aliphatic carbocycles. The topological polar surface area (TPSA) is 76.7 Å². The number of benzene rings is 3. The van der Waals surface area contributed by atoms with Crippen LogP contribution in [0, 0.1) is 0 Å². The minimum atomic E-state index is -0.362. The van der Waals surface area contributed by atoms with E-state index in [1.54, 1.807) is 18.2 Å². The first-order valence-electron chi connectivity index (χ1n) is 9.30. The number of fused-ring (bicyclic) bond motifs is 1. The first-order chi connectivity index (χ1) is 14.0. The lowest BCUT2D eigenvalue weighted by Gasteiger charge is -2.15. The summed E-state index contributed by atoms with van der Waals surface area (Å²) < 4.78 is 10.4. The standard InChI is InChI=1S/C23H24N2O4/c1-15(17-9-8-16-6-4-5-7-18(16)12-17)25-22(26)14-24-23(27)19-10-11-20(28-2)21(13-19)29-3/h4-13,15H,14H2,1-3H3,(H,24,27)(H,25,26)/t15-/m0/s1. The van der Waals surface area contributed by atoms with Crippen molar-refractivity contribution in [1.82, 2.24) is 10.6 Å². The van der Waals surface area contributed by atoms with Crippen LogP contribution in [0.4, 0.5) is 0 Å². The molecule has 0 fully saturated rings. The van der Waals surface area contributed by atoms with Gasteiger partial charge in [0.15, 0.2) is 11.5 Å². The summed E-state index contributed by atoms with van der Waals surface area (Å²) in [5.74, 6) is 0.361. The van der Waals surface area contributed by atoms with E-state index in [1.807, 2.05) is 43.3 Å². The Morgan fingerprint density at radius 1 is 0.897 bits per heavy atom. The molecule has 0 heterocycles. The van der Waals surface area contributed by atoms with Gasteiger partial charge in [-0.3, -0.25) is 9.59 Å². The lowest BCUT2D eigenvalue weighted by molar-refractivity contribution is -0.120. The first-order valence-corrected chi connectivity index (χ1v) is 9.30. The van der Waals surface area contributed by atoms with Crippen molar-refractivity contribution in [2.24, 2.45) is 0 Å². The highest BCUT2D eigenvalue weighted by Crippen LogP contribution is 2.27. The number of rotatable bonds is 7. The van der Waals surface area contributed by atoms with Crippen LogP contribution in [0.3, 0.4) is 0 Å². The molecule has 6 nitrogen and oxygen atoms in total. The fourth-order valence-corrected chi connectivity index (χ4v) is 3.09. The van der Waals surface area contributed by atoms with E-state index < -0.39 is 0 Å². The molecule has 3 aromatic carbocycles. The summed E-state index contributed by atoms with van der Waals surface area (Å²) >= 11 is 0. The Morgan fingerprint density at radius 3 is 2.34 bits per heavy atom. The number of methoxy groups -OCH3 is 2. The second kappa shape index (κ2) is 9.10. The van der Waals surface area contributed by atoms with Crippen LogP contribution in [0.15, 0.2) is 60.7 Å². The maximum Gasteiger partial charge on any atom is 0.251 e. The van der Waals surface area contributed by atoms with Gasteiger partial charge in [0.1, 0.15) is 0 Å². The van der Waals surface area contributed by atoms with Crippen molar-refractivity contribution in [3.8, 4) is 11.5 Å². The highest BCUT2D eigenvalue weighted by molar-refractivity contribution is 5.97. The second-order valence-electron chi connectivity index (χ2n) is 6.65. The summed E-state index contributed by atoms with van der Waals surface area (Å²) in [6.07, 6.45) is 0. The van der Waals surface area contributed by atoms with E-state index in [1.165, 1.54) is 14.2 Å². The number of ether oxygens (including phenoxy) is 2. The normalized spacial score (nSPS) is 11.6. The van der Waals surface area contributed by atoms with Gasteiger partial charge in [-0.25, -0.2) is 0 Å². The predicted molar refractivity (Wildman–Crippen MR) is 112 cm³/mol. The van der Waals surface area contributed by atoms with Crippen molar-refractivity contribution in [2.75, 3.05) is 20.8 Å². The maximum atomic E-state index is 12.3. The van der Waals surface area contributed by atoms with Gasteiger partial charge in [0, 0.05) is 5.56 Å². The van der Waals surface area contributed by atoms with Crippen molar-refractivity contribution in [1.29, 1.82) is 0 Å². The molecule has 3 aromatic rings. The van der Waals surface area contributed by atoms with Crippen molar-refractivity contribution in [3.05, 3.63) is 71.8 Å². The summed E-state index contributed by atoms with van der Waals surface area (Å²) in [6, 6.07) is 18.8.